The Morgan fingerprint density at radius 2 is 1.89 bits per heavy atom. The van der Waals surface area contributed by atoms with Gasteiger partial charge in [0, 0.05) is 17.4 Å². The Morgan fingerprint density at radius 3 is 2.44 bits per heavy atom. The van der Waals surface area contributed by atoms with Crippen LogP contribution in [0, 0.1) is 0 Å². The van der Waals surface area contributed by atoms with Crippen LogP contribution >= 0.6 is 0 Å². The third kappa shape index (κ3) is 2.30. The van der Waals surface area contributed by atoms with E-state index in [1.165, 1.54) is 0 Å². The van der Waals surface area contributed by atoms with Crippen molar-refractivity contribution < 1.29 is 5.11 Å². The molecule has 3 nitrogen and oxygen atoms in total. The maximum absolute atomic E-state index is 9.78. The van der Waals surface area contributed by atoms with Crippen LogP contribution in [0.2, 0.25) is 0 Å². The molecule has 0 saturated heterocycles. The second-order valence-corrected chi connectivity index (χ2v) is 5.42. The smallest absolute Gasteiger partial charge is 0.141 e. The van der Waals surface area contributed by atoms with Crippen LogP contribution in [0.4, 0.5) is 5.69 Å². The molecule has 0 spiro atoms. The third-order valence-electron chi connectivity index (χ3n) is 2.92. The highest BCUT2D eigenvalue weighted by Gasteiger charge is 2.17. The predicted molar refractivity (Wildman–Crippen MR) is 74.5 cm³/mol. The lowest BCUT2D eigenvalue weighted by Gasteiger charge is -2.21. The molecule has 2 aromatic rings. The van der Waals surface area contributed by atoms with E-state index in [2.05, 4.69) is 25.8 Å². The summed E-state index contributed by atoms with van der Waals surface area (Å²) in [6.45, 7) is 6.36. The first-order valence-electron chi connectivity index (χ1n) is 5.94. The van der Waals surface area contributed by atoms with Gasteiger partial charge in [-0.1, -0.05) is 32.9 Å². The van der Waals surface area contributed by atoms with Gasteiger partial charge in [0.1, 0.15) is 11.4 Å². The number of hydrogen-bond acceptors (Lipinski definition) is 3. The highest BCUT2D eigenvalue weighted by Crippen LogP contribution is 2.33. The lowest BCUT2D eigenvalue weighted by atomic mass is 9.85. The predicted octanol–water partition coefficient (Wildman–Crippen LogP) is 3.33. The lowest BCUT2D eigenvalue weighted by molar-refractivity contribution is 0.475. The van der Waals surface area contributed by atoms with E-state index < -0.39 is 0 Å². The van der Waals surface area contributed by atoms with Crippen molar-refractivity contribution in [2.45, 2.75) is 26.2 Å². The molecule has 0 aliphatic rings. The van der Waals surface area contributed by atoms with Gasteiger partial charge in [0.05, 0.1) is 0 Å². The maximum atomic E-state index is 9.78. The summed E-state index contributed by atoms with van der Waals surface area (Å²) in [7, 11) is 0. The Morgan fingerprint density at radius 1 is 1.17 bits per heavy atom. The third-order valence-corrected chi connectivity index (χ3v) is 2.92. The van der Waals surface area contributed by atoms with Gasteiger partial charge in [0.2, 0.25) is 0 Å². The molecule has 94 valence electrons. The van der Waals surface area contributed by atoms with Crippen molar-refractivity contribution in [2.75, 3.05) is 5.73 Å². The molecule has 1 aromatic carbocycles. The van der Waals surface area contributed by atoms with Crippen LogP contribution in [0.5, 0.6) is 5.75 Å². The van der Waals surface area contributed by atoms with Gasteiger partial charge in [0.15, 0.2) is 0 Å². The number of benzene rings is 1. The first-order chi connectivity index (χ1) is 8.39. The average Bonchev–Trinajstić information content (AvgIpc) is 2.27. The number of nitrogen functional groups attached to an aromatic ring is 1. The Hall–Kier alpha value is -2.03. The summed E-state index contributed by atoms with van der Waals surface area (Å²) in [5.41, 5.74) is 9.31. The Kier molecular flexibility index (Phi) is 2.99. The fourth-order valence-corrected chi connectivity index (χ4v) is 2.01. The second kappa shape index (κ2) is 4.33. The van der Waals surface area contributed by atoms with Gasteiger partial charge in [-0.2, -0.15) is 0 Å². The van der Waals surface area contributed by atoms with Gasteiger partial charge < -0.3 is 10.8 Å². The van der Waals surface area contributed by atoms with Gasteiger partial charge in [-0.3, -0.25) is 4.98 Å². The molecular formula is C15H18N2O. The molecule has 3 heteroatoms. The van der Waals surface area contributed by atoms with Gasteiger partial charge in [0.25, 0.3) is 0 Å². The van der Waals surface area contributed by atoms with Crippen LogP contribution in [0.1, 0.15) is 26.3 Å². The summed E-state index contributed by atoms with van der Waals surface area (Å²) in [5.74, 6) is 0.167. The van der Waals surface area contributed by atoms with Crippen molar-refractivity contribution in [2.24, 2.45) is 0 Å². The van der Waals surface area contributed by atoms with Crippen LogP contribution in [0.25, 0.3) is 11.3 Å². The summed E-state index contributed by atoms with van der Waals surface area (Å²) in [5, 5.41) is 9.78. The van der Waals surface area contributed by atoms with Crippen molar-refractivity contribution in [3.8, 4) is 17.0 Å². The quantitative estimate of drug-likeness (QED) is 0.754. The van der Waals surface area contributed by atoms with E-state index in [4.69, 9.17) is 5.73 Å². The van der Waals surface area contributed by atoms with Gasteiger partial charge >= 0.3 is 0 Å². The molecule has 0 aliphatic carbocycles. The number of anilines is 1. The van der Waals surface area contributed by atoms with Crippen LogP contribution in [0.15, 0.2) is 36.5 Å². The van der Waals surface area contributed by atoms with Gasteiger partial charge in [-0.25, -0.2) is 0 Å². The van der Waals surface area contributed by atoms with E-state index in [1.807, 2.05) is 18.2 Å². The molecule has 1 aromatic heterocycles. The fraction of sp³-hybridized carbons (Fsp3) is 0.267. The molecule has 0 saturated carbocycles. The van der Waals surface area contributed by atoms with Crippen LogP contribution in [-0.2, 0) is 5.41 Å². The minimum absolute atomic E-state index is 0.00870. The van der Waals surface area contributed by atoms with Crippen LogP contribution < -0.4 is 5.73 Å². The SMILES string of the molecule is CC(C)(C)c1ccc(-c2ncccc2O)cc1N. The molecule has 1 heterocycles. The van der Waals surface area contributed by atoms with E-state index in [-0.39, 0.29) is 11.2 Å². The lowest BCUT2D eigenvalue weighted by Crippen LogP contribution is -2.13. The van der Waals surface area contributed by atoms with Crippen molar-refractivity contribution in [1.29, 1.82) is 0 Å². The largest absolute Gasteiger partial charge is 0.506 e. The summed E-state index contributed by atoms with van der Waals surface area (Å²) >= 11 is 0. The van der Waals surface area contributed by atoms with Crippen molar-refractivity contribution in [1.82, 2.24) is 4.98 Å². The molecule has 0 fully saturated rings. The Balaban J connectivity index is 2.51. The summed E-state index contributed by atoms with van der Waals surface area (Å²) in [6, 6.07) is 9.13. The zero-order chi connectivity index (χ0) is 13.3. The standard InChI is InChI=1S/C15H18N2O/c1-15(2,3)11-7-6-10(9-12(11)16)14-13(18)5-4-8-17-14/h4-9,18H,16H2,1-3H3. The normalized spacial score (nSPS) is 11.5. The second-order valence-electron chi connectivity index (χ2n) is 5.42. The molecule has 0 unspecified atom stereocenters. The molecule has 0 radical (unpaired) electrons. The molecule has 0 amide bonds. The Labute approximate surface area is 107 Å². The summed E-state index contributed by atoms with van der Waals surface area (Å²) in [6.07, 6.45) is 1.66. The molecule has 0 aliphatic heterocycles. The van der Waals surface area contributed by atoms with Crippen molar-refractivity contribution in [3.63, 3.8) is 0 Å². The maximum Gasteiger partial charge on any atom is 0.141 e. The van der Waals surface area contributed by atoms with E-state index in [0.29, 0.717) is 5.69 Å². The highest BCUT2D eigenvalue weighted by atomic mass is 16.3. The number of nitrogens with zero attached hydrogens (tertiary/aromatic N) is 1. The highest BCUT2D eigenvalue weighted by molar-refractivity contribution is 5.71. The molecule has 0 atom stereocenters. The first kappa shape index (κ1) is 12.4. The van der Waals surface area contributed by atoms with Crippen molar-refractivity contribution in [3.05, 3.63) is 42.1 Å². The number of rotatable bonds is 1. The zero-order valence-corrected chi connectivity index (χ0v) is 10.9. The molecule has 3 N–H and O–H groups in total. The monoisotopic (exact) mass is 242 g/mol. The van der Waals surface area contributed by atoms with Gasteiger partial charge in [-0.05, 0) is 29.2 Å². The molecule has 18 heavy (non-hydrogen) atoms. The van der Waals surface area contributed by atoms with Crippen LogP contribution in [-0.4, -0.2) is 10.1 Å². The number of aromatic nitrogens is 1. The number of nitrogens with two attached hydrogens (primary N) is 1. The molecule has 0 bridgehead atoms. The van der Waals surface area contributed by atoms with E-state index >= 15 is 0 Å². The average molecular weight is 242 g/mol. The number of aromatic hydroxyl groups is 1. The first-order valence-corrected chi connectivity index (χ1v) is 5.94. The molecular weight excluding hydrogens is 224 g/mol. The van der Waals surface area contributed by atoms with Gasteiger partial charge in [-0.15, -0.1) is 0 Å². The minimum atomic E-state index is 0.00870. The van der Waals surface area contributed by atoms with E-state index in [9.17, 15) is 5.11 Å². The van der Waals surface area contributed by atoms with E-state index in [0.717, 1.165) is 16.8 Å². The summed E-state index contributed by atoms with van der Waals surface area (Å²) < 4.78 is 0. The fourth-order valence-electron chi connectivity index (χ4n) is 2.01. The topological polar surface area (TPSA) is 59.1 Å². The van der Waals surface area contributed by atoms with E-state index in [1.54, 1.807) is 18.3 Å². The van der Waals surface area contributed by atoms with Crippen LogP contribution in [0.3, 0.4) is 0 Å². The minimum Gasteiger partial charge on any atom is -0.506 e. The summed E-state index contributed by atoms with van der Waals surface area (Å²) in [4.78, 5) is 4.18. The Bertz CT molecular complexity index is 571. The number of hydrogen-bond donors (Lipinski definition) is 2. The molecule has 2 rings (SSSR count). The zero-order valence-electron chi connectivity index (χ0n) is 10.9. The number of pyridine rings is 1. The van der Waals surface area contributed by atoms with Crippen molar-refractivity contribution >= 4 is 5.69 Å².